The second kappa shape index (κ2) is 4.19. The van der Waals surface area contributed by atoms with Crippen molar-refractivity contribution < 1.29 is 26.4 Å². The zero-order valence-electron chi connectivity index (χ0n) is 6.99. The molecule has 15 heavy (non-hydrogen) atoms. The first-order chi connectivity index (χ1) is 6.94. The summed E-state index contributed by atoms with van der Waals surface area (Å²) in [5, 5.41) is 10.2. The molecule has 0 amide bonds. The van der Waals surface area contributed by atoms with Crippen LogP contribution in [0.2, 0.25) is 0 Å². The summed E-state index contributed by atoms with van der Waals surface area (Å²) in [6, 6.07) is 4.00. The van der Waals surface area contributed by atoms with E-state index in [1.807, 2.05) is 0 Å². The van der Waals surface area contributed by atoms with Gasteiger partial charge in [0.05, 0.1) is 4.92 Å². The highest BCUT2D eigenvalue weighted by Gasteiger charge is 2.15. The SMILES string of the molecule is O=[N+]([O-])c1ccc(OS(=O)(=O)OF)cc1. The van der Waals surface area contributed by atoms with E-state index in [2.05, 4.69) is 8.57 Å². The molecule has 0 radical (unpaired) electrons. The molecule has 1 aromatic rings. The summed E-state index contributed by atoms with van der Waals surface area (Å²) in [5.41, 5.74) is -0.249. The van der Waals surface area contributed by atoms with Crippen LogP contribution in [0.5, 0.6) is 5.75 Å². The van der Waals surface area contributed by atoms with Crippen LogP contribution in [0.1, 0.15) is 0 Å². The van der Waals surface area contributed by atoms with Gasteiger partial charge < -0.3 is 4.18 Å². The van der Waals surface area contributed by atoms with Crippen molar-refractivity contribution in [1.82, 2.24) is 0 Å². The van der Waals surface area contributed by atoms with Gasteiger partial charge in [0.1, 0.15) is 5.75 Å². The van der Waals surface area contributed by atoms with Gasteiger partial charge >= 0.3 is 10.4 Å². The topological polar surface area (TPSA) is 95.7 Å². The summed E-state index contributed by atoms with van der Waals surface area (Å²) in [5.74, 6) is -0.293. The Morgan fingerprint density at radius 1 is 1.27 bits per heavy atom. The van der Waals surface area contributed by atoms with E-state index in [4.69, 9.17) is 0 Å². The Morgan fingerprint density at radius 2 is 1.80 bits per heavy atom. The number of rotatable bonds is 4. The third-order valence-electron chi connectivity index (χ3n) is 1.32. The van der Waals surface area contributed by atoms with Gasteiger partial charge in [0.15, 0.2) is 0 Å². The zero-order valence-corrected chi connectivity index (χ0v) is 7.81. The van der Waals surface area contributed by atoms with Gasteiger partial charge in [-0.15, -0.1) is 0 Å². The average Bonchev–Trinajstić information content (AvgIpc) is 2.18. The molecule has 0 saturated heterocycles. The van der Waals surface area contributed by atoms with Crippen molar-refractivity contribution in [2.24, 2.45) is 0 Å². The van der Waals surface area contributed by atoms with Crippen molar-refractivity contribution in [3.05, 3.63) is 34.4 Å². The van der Waals surface area contributed by atoms with Crippen molar-refractivity contribution in [1.29, 1.82) is 0 Å². The molecule has 7 nitrogen and oxygen atoms in total. The molecule has 0 unspecified atom stereocenters. The van der Waals surface area contributed by atoms with Crippen LogP contribution < -0.4 is 4.18 Å². The van der Waals surface area contributed by atoms with Gasteiger partial charge in [0.2, 0.25) is 0 Å². The number of non-ortho nitro benzene ring substituents is 1. The highest BCUT2D eigenvalue weighted by Crippen LogP contribution is 2.18. The molecule has 0 N–H and O–H groups in total. The van der Waals surface area contributed by atoms with Gasteiger partial charge in [-0.25, -0.2) is 0 Å². The third kappa shape index (κ3) is 3.14. The Bertz CT molecular complexity index is 455. The van der Waals surface area contributed by atoms with Crippen LogP contribution in [-0.2, 0) is 14.8 Å². The molecule has 0 aliphatic heterocycles. The molecule has 1 aromatic carbocycles. The molecule has 82 valence electrons. The van der Waals surface area contributed by atoms with E-state index in [0.29, 0.717) is 0 Å². The number of halogens is 1. The third-order valence-corrected chi connectivity index (χ3v) is 1.87. The molecule has 0 atom stereocenters. The quantitative estimate of drug-likeness (QED) is 0.575. The van der Waals surface area contributed by atoms with E-state index < -0.39 is 15.3 Å². The maximum atomic E-state index is 11.3. The lowest BCUT2D eigenvalue weighted by molar-refractivity contribution is -0.384. The minimum absolute atomic E-state index is 0.249. The van der Waals surface area contributed by atoms with E-state index in [0.717, 1.165) is 24.3 Å². The van der Waals surface area contributed by atoms with Gasteiger partial charge in [-0.3, -0.25) is 10.1 Å². The molecule has 0 aliphatic rings. The first kappa shape index (κ1) is 11.3. The van der Waals surface area contributed by atoms with Gasteiger partial charge in [0.25, 0.3) is 5.69 Å². The fourth-order valence-corrected chi connectivity index (χ4v) is 1.13. The van der Waals surface area contributed by atoms with Gasteiger partial charge in [-0.1, -0.05) is 0 Å². The van der Waals surface area contributed by atoms with Crippen molar-refractivity contribution in [3.63, 3.8) is 0 Å². The highest BCUT2D eigenvalue weighted by molar-refractivity contribution is 7.82. The fourth-order valence-electron chi connectivity index (χ4n) is 0.754. The summed E-state index contributed by atoms with van der Waals surface area (Å²) in [7, 11) is -4.74. The van der Waals surface area contributed by atoms with E-state index >= 15 is 0 Å². The standard InChI is InChI=1S/C6H4FNO6S/c7-14-15(11,12)13-6-3-1-5(2-4-6)8(9)10/h1-4H. The fraction of sp³-hybridized carbons (Fsp3) is 0. The molecule has 0 spiro atoms. The van der Waals surface area contributed by atoms with Crippen LogP contribution in [0.3, 0.4) is 0 Å². The minimum atomic E-state index is -4.74. The minimum Gasteiger partial charge on any atom is -0.360 e. The molecule has 0 fully saturated rings. The van der Waals surface area contributed by atoms with Gasteiger partial charge in [0, 0.05) is 12.1 Å². The summed E-state index contributed by atoms with van der Waals surface area (Å²) in [6.45, 7) is 0. The lowest BCUT2D eigenvalue weighted by Gasteiger charge is -2.00. The molecule has 0 aliphatic carbocycles. The van der Waals surface area contributed by atoms with Crippen molar-refractivity contribution in [2.45, 2.75) is 0 Å². The van der Waals surface area contributed by atoms with E-state index in [-0.39, 0.29) is 11.4 Å². The van der Waals surface area contributed by atoms with Crippen molar-refractivity contribution >= 4 is 16.1 Å². The normalized spacial score (nSPS) is 11.0. The summed E-state index contributed by atoms with van der Waals surface area (Å²) >= 11 is 0. The monoisotopic (exact) mass is 237 g/mol. The molecule has 1 rings (SSSR count). The summed E-state index contributed by atoms with van der Waals surface area (Å²) < 4.78 is 38.8. The van der Waals surface area contributed by atoms with Crippen LogP contribution in [0.25, 0.3) is 0 Å². The number of hydrogen-bond donors (Lipinski definition) is 0. The summed E-state index contributed by atoms with van der Waals surface area (Å²) in [6.07, 6.45) is 0. The molecule has 0 heterocycles. The molecule has 0 saturated carbocycles. The maximum absolute atomic E-state index is 11.3. The second-order valence-corrected chi connectivity index (χ2v) is 3.41. The Labute approximate surface area is 83.4 Å². The van der Waals surface area contributed by atoms with Crippen LogP contribution in [0.4, 0.5) is 10.2 Å². The highest BCUT2D eigenvalue weighted by atomic mass is 32.3. The molecular weight excluding hydrogens is 233 g/mol. The van der Waals surface area contributed by atoms with Gasteiger partial charge in [-0.05, 0) is 21.0 Å². The van der Waals surface area contributed by atoms with E-state index in [9.17, 15) is 23.1 Å². The van der Waals surface area contributed by atoms with E-state index in [1.165, 1.54) is 0 Å². The smallest absolute Gasteiger partial charge is 0.360 e. The van der Waals surface area contributed by atoms with Crippen LogP contribution in [0, 0.1) is 10.1 Å². The number of nitro benzene ring substituents is 1. The van der Waals surface area contributed by atoms with Crippen LogP contribution in [0.15, 0.2) is 24.3 Å². The zero-order chi connectivity index (χ0) is 11.5. The predicted molar refractivity (Wildman–Crippen MR) is 44.8 cm³/mol. The predicted octanol–water partition coefficient (Wildman–Crippen LogP) is 1.12. The molecule has 0 bridgehead atoms. The molecule has 9 heteroatoms. The lowest BCUT2D eigenvalue weighted by atomic mass is 10.3. The average molecular weight is 237 g/mol. The number of nitro groups is 1. The Balaban J connectivity index is 2.86. The first-order valence-corrected chi connectivity index (χ1v) is 4.77. The second-order valence-electron chi connectivity index (χ2n) is 2.31. The Morgan fingerprint density at radius 3 is 2.20 bits per heavy atom. The number of hydrogen-bond acceptors (Lipinski definition) is 6. The molecular formula is C6H4FNO6S. The Kier molecular flexibility index (Phi) is 3.17. The van der Waals surface area contributed by atoms with Crippen LogP contribution >= 0.6 is 0 Å². The Hall–Kier alpha value is -1.74. The van der Waals surface area contributed by atoms with Crippen molar-refractivity contribution in [2.75, 3.05) is 0 Å². The first-order valence-electron chi connectivity index (χ1n) is 3.44. The lowest BCUT2D eigenvalue weighted by Crippen LogP contribution is -2.08. The number of benzene rings is 1. The van der Waals surface area contributed by atoms with E-state index in [1.54, 1.807) is 0 Å². The number of nitrogens with zero attached hydrogens (tertiary/aromatic N) is 1. The van der Waals surface area contributed by atoms with Crippen LogP contribution in [-0.4, -0.2) is 13.3 Å². The maximum Gasteiger partial charge on any atom is 0.480 e. The van der Waals surface area contributed by atoms with Crippen molar-refractivity contribution in [3.8, 4) is 5.75 Å². The summed E-state index contributed by atoms with van der Waals surface area (Å²) in [4.78, 5) is 9.54. The molecule has 0 aromatic heterocycles. The largest absolute Gasteiger partial charge is 0.480 e. The van der Waals surface area contributed by atoms with Gasteiger partial charge in [-0.2, -0.15) is 8.42 Å².